The van der Waals surface area contributed by atoms with Crippen LogP contribution in [0.2, 0.25) is 0 Å². The predicted molar refractivity (Wildman–Crippen MR) is 178 cm³/mol. The SMILES string of the molecule is COCCOCCC(=O)CCCOc1ccc(COC(=O)NCCCc2cn([C@@H]3O[C@H](COP(=O)(O)O)C(OP(=O)(O)O)[C@@H]3O)c(=O)nc2N)cc1. The zero-order valence-corrected chi connectivity index (χ0v) is 30.0. The van der Waals surface area contributed by atoms with E-state index < -0.39 is 58.6 Å². The average molecular weight is 783 g/mol. The van der Waals surface area contributed by atoms with Crippen molar-refractivity contribution in [3.63, 3.8) is 0 Å². The van der Waals surface area contributed by atoms with Crippen molar-refractivity contribution in [2.24, 2.45) is 0 Å². The van der Waals surface area contributed by atoms with Gasteiger partial charge < -0.3 is 59.4 Å². The molecule has 1 aliphatic rings. The molecule has 1 saturated heterocycles. The molecule has 0 spiro atoms. The number of hydrogen-bond acceptors (Lipinski definition) is 15. The molecule has 0 radical (unpaired) electrons. The summed E-state index contributed by atoms with van der Waals surface area (Å²) in [6, 6.07) is 6.90. The largest absolute Gasteiger partial charge is 0.494 e. The number of nitrogens with zero attached hydrogens (tertiary/aromatic N) is 2. The normalized spacial score (nSPS) is 19.0. The Morgan fingerprint density at radius 1 is 1.02 bits per heavy atom. The minimum atomic E-state index is -5.24. The van der Waals surface area contributed by atoms with Crippen LogP contribution in [0.15, 0.2) is 35.3 Å². The summed E-state index contributed by atoms with van der Waals surface area (Å²) in [7, 11) is -8.72. The lowest BCUT2D eigenvalue weighted by Crippen LogP contribution is -2.38. The number of rotatable bonds is 23. The summed E-state index contributed by atoms with van der Waals surface area (Å²) >= 11 is 0. The second-order valence-electron chi connectivity index (χ2n) is 11.3. The number of amides is 1. The minimum Gasteiger partial charge on any atom is -0.494 e. The van der Waals surface area contributed by atoms with Crippen molar-refractivity contribution in [3.05, 3.63) is 52.1 Å². The maximum atomic E-state index is 12.6. The topological polar surface area (TPSA) is 307 Å². The molecule has 2 heterocycles. The standard InChI is InChI=1S/C29H44N4O17P2/c1-44-14-15-45-13-10-21(34)5-3-12-46-22-8-6-19(7-9-22)17-47-29(37)31-11-2-4-20-16-33(28(36)32-26(20)30)27-24(35)25(50-52(41,42)43)23(49-27)18-48-51(38,39)40/h6-9,16,23-25,27,35H,2-5,10-15,17-18H2,1H3,(H,31,37)(H2,30,32,36)(H2,38,39,40)(H2,41,42,43)/t23-,24+,25?,27-/m1/s1. The third kappa shape index (κ3) is 15.4. The molecule has 1 aromatic carbocycles. The minimum absolute atomic E-state index is 0.0223. The lowest BCUT2D eigenvalue weighted by atomic mass is 10.1. The van der Waals surface area contributed by atoms with Crippen molar-refractivity contribution < 1.29 is 76.1 Å². The number of alkyl carbamates (subject to hydrolysis) is 1. The Hall–Kier alpha value is -3.30. The molecule has 0 bridgehead atoms. The van der Waals surface area contributed by atoms with Gasteiger partial charge in [0.25, 0.3) is 0 Å². The van der Waals surface area contributed by atoms with Gasteiger partial charge in [0, 0.05) is 38.3 Å². The molecular formula is C29H44N4O17P2. The summed E-state index contributed by atoms with van der Waals surface area (Å²) in [6.07, 6.45) is -4.84. The van der Waals surface area contributed by atoms with E-state index in [-0.39, 0.29) is 43.2 Å². The van der Waals surface area contributed by atoms with E-state index in [0.29, 0.717) is 57.0 Å². The molecule has 1 aromatic heterocycles. The molecule has 1 aliphatic heterocycles. The molecule has 8 N–H and O–H groups in total. The number of phosphoric ester groups is 2. The number of benzene rings is 1. The molecule has 21 nitrogen and oxygen atoms in total. The zero-order chi connectivity index (χ0) is 38.3. The summed E-state index contributed by atoms with van der Waals surface area (Å²) < 4.78 is 58.8. The van der Waals surface area contributed by atoms with Crippen LogP contribution in [0.5, 0.6) is 5.75 Å². The Labute approximate surface area is 297 Å². The van der Waals surface area contributed by atoms with E-state index in [1.807, 2.05) is 0 Å². The smallest absolute Gasteiger partial charge is 0.470 e. The van der Waals surface area contributed by atoms with Gasteiger partial charge in [-0.1, -0.05) is 12.1 Å². The van der Waals surface area contributed by atoms with Crippen LogP contribution in [0, 0.1) is 0 Å². The third-order valence-electron chi connectivity index (χ3n) is 7.32. The van der Waals surface area contributed by atoms with Gasteiger partial charge in [0.15, 0.2) is 6.23 Å². The maximum absolute atomic E-state index is 12.6. The van der Waals surface area contributed by atoms with E-state index in [9.17, 15) is 38.4 Å². The number of phosphoric acid groups is 2. The maximum Gasteiger partial charge on any atom is 0.470 e. The number of hydrogen-bond donors (Lipinski definition) is 7. The molecule has 4 atom stereocenters. The first-order valence-electron chi connectivity index (χ1n) is 15.9. The highest BCUT2D eigenvalue weighted by atomic mass is 31.2. The van der Waals surface area contributed by atoms with Crippen molar-refractivity contribution in [1.29, 1.82) is 0 Å². The number of Topliss-reactive ketones (excluding diaryl/α,β-unsaturated/α-hetero) is 1. The highest BCUT2D eigenvalue weighted by molar-refractivity contribution is 7.46. The molecule has 292 valence electrons. The van der Waals surface area contributed by atoms with Crippen molar-refractivity contribution in [2.75, 3.05) is 52.4 Å². The Balaban J connectivity index is 1.42. The number of aryl methyl sites for hydroxylation is 1. The van der Waals surface area contributed by atoms with Gasteiger partial charge in [-0.15, -0.1) is 0 Å². The number of ether oxygens (including phenoxy) is 5. The molecule has 52 heavy (non-hydrogen) atoms. The fraction of sp³-hybridized carbons (Fsp3) is 0.586. The quantitative estimate of drug-likeness (QED) is 0.0589. The number of nitrogens with two attached hydrogens (primary N) is 1. The van der Waals surface area contributed by atoms with Crippen LogP contribution in [-0.4, -0.2) is 111 Å². The van der Waals surface area contributed by atoms with E-state index in [1.54, 1.807) is 31.4 Å². The van der Waals surface area contributed by atoms with Crippen molar-refractivity contribution in [3.8, 4) is 5.75 Å². The van der Waals surface area contributed by atoms with Crippen LogP contribution in [-0.2, 0) is 54.9 Å². The lowest BCUT2D eigenvalue weighted by Gasteiger charge is -2.21. The molecule has 3 rings (SSSR count). The number of nitrogens with one attached hydrogen (secondary N) is 1. The summed E-state index contributed by atoms with van der Waals surface area (Å²) in [5, 5.41) is 13.3. The van der Waals surface area contributed by atoms with Gasteiger partial charge >= 0.3 is 27.4 Å². The van der Waals surface area contributed by atoms with E-state index in [0.717, 1.165) is 4.57 Å². The summed E-state index contributed by atoms with van der Waals surface area (Å²) in [5.41, 5.74) is 5.86. The Morgan fingerprint density at radius 3 is 2.42 bits per heavy atom. The van der Waals surface area contributed by atoms with Gasteiger partial charge in [0.2, 0.25) is 0 Å². The highest BCUT2D eigenvalue weighted by Crippen LogP contribution is 2.45. The van der Waals surface area contributed by atoms with E-state index >= 15 is 0 Å². The van der Waals surface area contributed by atoms with Gasteiger partial charge in [-0.3, -0.25) is 18.4 Å². The molecule has 23 heteroatoms. The van der Waals surface area contributed by atoms with Crippen LogP contribution in [0.4, 0.5) is 10.6 Å². The molecule has 2 aromatic rings. The van der Waals surface area contributed by atoms with Crippen LogP contribution >= 0.6 is 15.6 Å². The van der Waals surface area contributed by atoms with Crippen molar-refractivity contribution in [1.82, 2.24) is 14.9 Å². The Morgan fingerprint density at radius 2 is 1.75 bits per heavy atom. The van der Waals surface area contributed by atoms with Crippen molar-refractivity contribution >= 4 is 33.3 Å². The number of aromatic nitrogens is 2. The predicted octanol–water partition coefficient (Wildman–Crippen LogP) is 0.311. The fourth-order valence-electron chi connectivity index (χ4n) is 4.81. The first kappa shape index (κ1) is 43.1. The number of ketones is 1. The lowest BCUT2D eigenvalue weighted by molar-refractivity contribution is -0.120. The van der Waals surface area contributed by atoms with E-state index in [4.69, 9.17) is 39.2 Å². The molecule has 0 saturated carbocycles. The number of aliphatic hydroxyl groups excluding tert-OH is 1. The number of carbonyl (C=O) groups is 2. The molecular weight excluding hydrogens is 738 g/mol. The second-order valence-corrected chi connectivity index (χ2v) is 13.8. The van der Waals surface area contributed by atoms with Gasteiger partial charge in [0.1, 0.15) is 42.3 Å². The summed E-state index contributed by atoms with van der Waals surface area (Å²) in [6.45, 7) is 0.796. The van der Waals surface area contributed by atoms with Gasteiger partial charge in [0.05, 0.1) is 33.0 Å². The summed E-state index contributed by atoms with van der Waals surface area (Å²) in [4.78, 5) is 77.0. The van der Waals surface area contributed by atoms with Gasteiger partial charge in [-0.05, 0) is 37.0 Å². The van der Waals surface area contributed by atoms with Crippen molar-refractivity contribution in [2.45, 2.75) is 63.3 Å². The summed E-state index contributed by atoms with van der Waals surface area (Å²) in [5.74, 6) is 0.524. The average Bonchev–Trinajstić information content (AvgIpc) is 3.36. The molecule has 1 amide bonds. The number of methoxy groups -OCH3 is 1. The molecule has 0 aliphatic carbocycles. The van der Waals surface area contributed by atoms with Gasteiger partial charge in [-0.25, -0.2) is 18.7 Å². The first-order chi connectivity index (χ1) is 24.6. The monoisotopic (exact) mass is 782 g/mol. The van der Waals surface area contributed by atoms with E-state index in [1.165, 1.54) is 6.20 Å². The number of anilines is 1. The third-order valence-corrected chi connectivity index (χ3v) is 8.33. The number of nitrogen functional groups attached to an aromatic ring is 1. The van der Waals surface area contributed by atoms with Crippen LogP contribution in [0.25, 0.3) is 0 Å². The van der Waals surface area contributed by atoms with Crippen LogP contribution in [0.3, 0.4) is 0 Å². The van der Waals surface area contributed by atoms with Gasteiger partial charge in [-0.2, -0.15) is 4.98 Å². The fourth-order valence-corrected chi connectivity index (χ4v) is 5.72. The zero-order valence-electron chi connectivity index (χ0n) is 28.2. The highest BCUT2D eigenvalue weighted by Gasteiger charge is 2.49. The Kier molecular flexibility index (Phi) is 17.3. The number of aliphatic hydroxyl groups is 1. The number of carbonyl (C=O) groups excluding carboxylic acids is 2. The van der Waals surface area contributed by atoms with Crippen LogP contribution in [0.1, 0.15) is 43.0 Å². The Bertz CT molecular complexity index is 1600. The molecule has 1 unspecified atom stereocenters. The van der Waals surface area contributed by atoms with E-state index in [2.05, 4.69) is 19.3 Å². The molecule has 1 fully saturated rings. The second kappa shape index (κ2) is 20.8. The van der Waals surface area contributed by atoms with Crippen LogP contribution < -0.4 is 21.5 Å². The first-order valence-corrected chi connectivity index (χ1v) is 19.0.